The van der Waals surface area contributed by atoms with Crippen molar-refractivity contribution in [1.82, 2.24) is 5.32 Å². The van der Waals surface area contributed by atoms with E-state index in [1.54, 1.807) is 12.1 Å². The smallest absolute Gasteiger partial charge is 0.261 e. The predicted molar refractivity (Wildman–Crippen MR) is 121 cm³/mol. The lowest BCUT2D eigenvalue weighted by Crippen LogP contribution is -2.28. The van der Waals surface area contributed by atoms with Crippen molar-refractivity contribution in [3.05, 3.63) is 94.5 Å². The number of amides is 1. The fourth-order valence-corrected chi connectivity index (χ4v) is 4.19. The van der Waals surface area contributed by atoms with Crippen LogP contribution >= 0.6 is 11.6 Å². The molecule has 0 bridgehead atoms. The van der Waals surface area contributed by atoms with Crippen molar-refractivity contribution in [2.45, 2.75) is 24.7 Å². The van der Waals surface area contributed by atoms with E-state index in [0.29, 0.717) is 6.54 Å². The van der Waals surface area contributed by atoms with Crippen molar-refractivity contribution in [2.24, 2.45) is 0 Å². The molecule has 0 fully saturated rings. The lowest BCUT2D eigenvalue weighted by atomic mass is 10.0. The number of hydrogen-bond acceptors (Lipinski definition) is 3. The van der Waals surface area contributed by atoms with Gasteiger partial charge in [0, 0.05) is 12.2 Å². The highest BCUT2D eigenvalue weighted by Gasteiger charge is 2.17. The van der Waals surface area contributed by atoms with Crippen LogP contribution in [0.25, 0.3) is 0 Å². The minimum Gasteiger partial charge on any atom is -0.351 e. The van der Waals surface area contributed by atoms with Gasteiger partial charge in [-0.15, -0.1) is 0 Å². The number of sulfonamides is 1. The van der Waals surface area contributed by atoms with E-state index >= 15 is 0 Å². The molecular formula is C23H23ClN2O3S. The number of anilines is 1. The summed E-state index contributed by atoms with van der Waals surface area (Å²) in [4.78, 5) is 12.8. The van der Waals surface area contributed by atoms with Crippen LogP contribution < -0.4 is 10.0 Å². The molecule has 5 nitrogen and oxygen atoms in total. The Morgan fingerprint density at radius 2 is 1.67 bits per heavy atom. The third-order valence-corrected chi connectivity index (χ3v) is 6.46. The van der Waals surface area contributed by atoms with Crippen LogP contribution in [0.1, 0.15) is 34.3 Å². The molecule has 0 spiro atoms. The number of rotatable bonds is 7. The van der Waals surface area contributed by atoms with Crippen LogP contribution in [0, 0.1) is 6.92 Å². The molecule has 3 aromatic rings. The van der Waals surface area contributed by atoms with Gasteiger partial charge in [0.15, 0.2) is 0 Å². The number of carbonyl (C=O) groups is 1. The molecular weight excluding hydrogens is 420 g/mol. The van der Waals surface area contributed by atoms with Crippen LogP contribution in [0.15, 0.2) is 77.7 Å². The average Bonchev–Trinajstić information content (AvgIpc) is 2.74. The normalized spacial score (nSPS) is 12.2. The highest BCUT2D eigenvalue weighted by molar-refractivity contribution is 7.92. The first-order chi connectivity index (χ1) is 14.3. The summed E-state index contributed by atoms with van der Waals surface area (Å²) >= 11 is 6.19. The molecule has 0 aliphatic heterocycles. The first kappa shape index (κ1) is 21.9. The first-order valence-electron chi connectivity index (χ1n) is 9.48. The summed E-state index contributed by atoms with van der Waals surface area (Å²) < 4.78 is 27.7. The lowest BCUT2D eigenvalue weighted by Gasteiger charge is -2.14. The number of hydrogen-bond donors (Lipinski definition) is 2. The number of aryl methyl sites for hydroxylation is 1. The molecule has 1 unspecified atom stereocenters. The monoisotopic (exact) mass is 442 g/mol. The summed E-state index contributed by atoms with van der Waals surface area (Å²) in [6.07, 6.45) is 0. The second-order valence-corrected chi connectivity index (χ2v) is 9.22. The van der Waals surface area contributed by atoms with Gasteiger partial charge in [-0.05, 0) is 48.7 Å². The molecule has 0 saturated carbocycles. The highest BCUT2D eigenvalue weighted by Crippen LogP contribution is 2.23. The fourth-order valence-electron chi connectivity index (χ4n) is 2.93. The molecule has 0 aromatic heterocycles. The molecule has 0 aliphatic rings. The summed E-state index contributed by atoms with van der Waals surface area (Å²) in [5, 5.41) is 3.11. The maximum absolute atomic E-state index is 12.7. The number of benzene rings is 3. The Hall–Kier alpha value is -2.83. The van der Waals surface area contributed by atoms with Crippen molar-refractivity contribution < 1.29 is 13.2 Å². The van der Waals surface area contributed by atoms with Crippen LogP contribution in [0.2, 0.25) is 5.02 Å². The van der Waals surface area contributed by atoms with Gasteiger partial charge in [0.2, 0.25) is 0 Å². The van der Waals surface area contributed by atoms with Gasteiger partial charge in [0.25, 0.3) is 15.9 Å². The zero-order valence-corrected chi connectivity index (χ0v) is 18.3. The van der Waals surface area contributed by atoms with Crippen molar-refractivity contribution in [3.63, 3.8) is 0 Å². The molecule has 0 saturated heterocycles. The molecule has 156 valence electrons. The van der Waals surface area contributed by atoms with Crippen molar-refractivity contribution in [3.8, 4) is 0 Å². The maximum atomic E-state index is 12.7. The second-order valence-electron chi connectivity index (χ2n) is 7.13. The quantitative estimate of drug-likeness (QED) is 0.541. The Morgan fingerprint density at radius 3 is 2.33 bits per heavy atom. The summed E-state index contributed by atoms with van der Waals surface area (Å²) in [6.45, 7) is 4.33. The number of halogens is 1. The van der Waals surface area contributed by atoms with Gasteiger partial charge in [-0.1, -0.05) is 66.6 Å². The van der Waals surface area contributed by atoms with E-state index in [9.17, 15) is 13.2 Å². The maximum Gasteiger partial charge on any atom is 0.261 e. The minimum absolute atomic E-state index is 0.122. The molecule has 0 aliphatic carbocycles. The topological polar surface area (TPSA) is 75.3 Å². The summed E-state index contributed by atoms with van der Waals surface area (Å²) in [5.41, 5.74) is 2.55. The Labute approximate surface area is 182 Å². The fraction of sp³-hybridized carbons (Fsp3) is 0.174. The van der Waals surface area contributed by atoms with Gasteiger partial charge in [-0.2, -0.15) is 0 Å². The molecule has 0 heterocycles. The Balaban J connectivity index is 1.73. The predicted octanol–water partition coefficient (Wildman–Crippen LogP) is 4.98. The summed E-state index contributed by atoms with van der Waals surface area (Å²) in [7, 11) is -3.77. The summed E-state index contributed by atoms with van der Waals surface area (Å²) in [6, 6.07) is 20.8. The highest BCUT2D eigenvalue weighted by atomic mass is 35.5. The van der Waals surface area contributed by atoms with E-state index in [0.717, 1.165) is 11.1 Å². The third kappa shape index (κ3) is 5.40. The lowest BCUT2D eigenvalue weighted by molar-refractivity contribution is 0.0952. The van der Waals surface area contributed by atoms with E-state index in [1.807, 2.05) is 44.2 Å². The van der Waals surface area contributed by atoms with Gasteiger partial charge in [0.1, 0.15) is 0 Å². The average molecular weight is 443 g/mol. The van der Waals surface area contributed by atoms with Gasteiger partial charge in [0.05, 0.1) is 15.5 Å². The zero-order chi connectivity index (χ0) is 21.7. The van der Waals surface area contributed by atoms with E-state index in [-0.39, 0.29) is 33.0 Å². The van der Waals surface area contributed by atoms with E-state index < -0.39 is 10.0 Å². The van der Waals surface area contributed by atoms with Gasteiger partial charge < -0.3 is 5.32 Å². The van der Waals surface area contributed by atoms with Crippen LogP contribution in [-0.4, -0.2) is 20.9 Å². The number of carbonyl (C=O) groups excluding carboxylic acids is 1. The van der Waals surface area contributed by atoms with E-state index in [2.05, 4.69) is 10.0 Å². The number of nitrogens with one attached hydrogen (secondary N) is 2. The molecule has 0 radical (unpaired) electrons. The van der Waals surface area contributed by atoms with Crippen molar-refractivity contribution >= 4 is 33.2 Å². The molecule has 30 heavy (non-hydrogen) atoms. The zero-order valence-electron chi connectivity index (χ0n) is 16.7. The van der Waals surface area contributed by atoms with Crippen LogP contribution in [-0.2, 0) is 10.0 Å². The Morgan fingerprint density at radius 1 is 1.00 bits per heavy atom. The van der Waals surface area contributed by atoms with Crippen molar-refractivity contribution in [2.75, 3.05) is 11.3 Å². The molecule has 2 N–H and O–H groups in total. The largest absolute Gasteiger partial charge is 0.351 e. The molecule has 3 rings (SSSR count). The van der Waals surface area contributed by atoms with Crippen molar-refractivity contribution in [1.29, 1.82) is 0 Å². The van der Waals surface area contributed by atoms with Crippen LogP contribution in [0.3, 0.4) is 0 Å². The van der Waals surface area contributed by atoms with E-state index in [4.69, 9.17) is 11.6 Å². The minimum atomic E-state index is -3.77. The van der Waals surface area contributed by atoms with Gasteiger partial charge >= 0.3 is 0 Å². The molecule has 3 aromatic carbocycles. The molecule has 1 amide bonds. The third-order valence-electron chi connectivity index (χ3n) is 4.73. The van der Waals surface area contributed by atoms with Gasteiger partial charge in [-0.25, -0.2) is 8.42 Å². The second kappa shape index (κ2) is 9.32. The standard InChI is InChI=1S/C23H23ClN2O3S/c1-16-8-11-20(12-9-16)30(28,29)26-19-10-13-22(24)21(14-19)23(27)25-15-17(2)18-6-4-3-5-7-18/h3-14,17,26H,15H2,1-2H3,(H,25,27). The molecule has 7 heteroatoms. The molecule has 1 atom stereocenters. The SMILES string of the molecule is Cc1ccc(S(=O)(=O)Nc2ccc(Cl)c(C(=O)NCC(C)c3ccccc3)c2)cc1. The summed E-state index contributed by atoms with van der Waals surface area (Å²) in [5.74, 6) is -0.240. The van der Waals surface area contributed by atoms with E-state index in [1.165, 1.54) is 30.3 Å². The van der Waals surface area contributed by atoms with Crippen LogP contribution in [0.4, 0.5) is 5.69 Å². The Bertz CT molecular complexity index is 1130. The first-order valence-corrected chi connectivity index (χ1v) is 11.3. The van der Waals surface area contributed by atoms with Crippen LogP contribution in [0.5, 0.6) is 0 Å². The Kier molecular flexibility index (Phi) is 6.80. The van der Waals surface area contributed by atoms with Gasteiger partial charge in [-0.3, -0.25) is 9.52 Å².